The van der Waals surface area contributed by atoms with Crippen LogP contribution in [0.25, 0.3) is 11.3 Å². The monoisotopic (exact) mass is 785 g/mol. The maximum absolute atomic E-state index is 13.4. The van der Waals surface area contributed by atoms with Crippen molar-refractivity contribution in [1.29, 1.82) is 0 Å². The number of unbranched alkanes of at least 4 members (excludes halogenated alkanes) is 1. The zero-order valence-electron chi connectivity index (χ0n) is 31.9. The smallest absolute Gasteiger partial charge is 0.325 e. The molecule has 0 bridgehead atoms. The molecule has 4 saturated heterocycles. The summed E-state index contributed by atoms with van der Waals surface area (Å²) in [6.07, 6.45) is 5.70. The number of carbonyl (C=O) groups excluding carboxylic acids is 5. The number of imide groups is 1. The van der Waals surface area contributed by atoms with Crippen molar-refractivity contribution in [2.75, 3.05) is 32.0 Å². The first kappa shape index (κ1) is 39.3. The van der Waals surface area contributed by atoms with Gasteiger partial charge in [-0.15, -0.1) is 5.10 Å². The van der Waals surface area contributed by atoms with Gasteiger partial charge in [-0.1, -0.05) is 61.0 Å². The van der Waals surface area contributed by atoms with Gasteiger partial charge in [0.25, 0.3) is 11.8 Å². The molecule has 298 valence electrons. The normalized spacial score (nSPS) is 22.4. The molecule has 56 heavy (non-hydrogen) atoms. The van der Waals surface area contributed by atoms with Crippen molar-refractivity contribution < 1.29 is 28.7 Å². The summed E-state index contributed by atoms with van der Waals surface area (Å²) in [5, 5.41) is 20.9. The maximum Gasteiger partial charge on any atom is 0.325 e. The van der Waals surface area contributed by atoms with Gasteiger partial charge in [-0.05, 0) is 56.2 Å². The predicted octanol–water partition coefficient (Wildman–Crippen LogP) is 3.56. The topological polar surface area (TPSA) is 180 Å². The van der Waals surface area contributed by atoms with Gasteiger partial charge in [-0.25, -0.2) is 9.59 Å². The van der Waals surface area contributed by atoms with Crippen LogP contribution in [0.1, 0.15) is 68.3 Å². The van der Waals surface area contributed by atoms with Crippen LogP contribution in [0.3, 0.4) is 0 Å². The highest BCUT2D eigenvalue weighted by Crippen LogP contribution is 2.34. The molecule has 0 radical (unpaired) electrons. The highest BCUT2D eigenvalue weighted by Gasteiger charge is 2.52. The molecule has 7 rings (SSSR count). The summed E-state index contributed by atoms with van der Waals surface area (Å²) in [7, 11) is 0. The number of nitrogens with zero attached hydrogens (tertiary/aromatic N) is 5. The molecular formula is C40H51N9O6S. The number of thioether (sulfide) groups is 1. The van der Waals surface area contributed by atoms with Crippen molar-refractivity contribution >= 4 is 41.5 Å². The number of urea groups is 2. The van der Waals surface area contributed by atoms with E-state index in [1.165, 1.54) is 4.90 Å². The summed E-state index contributed by atoms with van der Waals surface area (Å²) < 4.78 is 7.80. The minimum atomic E-state index is -0.978. The first-order valence-corrected chi connectivity index (χ1v) is 20.7. The molecule has 5 heterocycles. The maximum atomic E-state index is 13.4. The van der Waals surface area contributed by atoms with E-state index in [4.69, 9.17) is 4.74 Å². The lowest BCUT2D eigenvalue weighted by atomic mass is 9.87. The van der Waals surface area contributed by atoms with Crippen LogP contribution in [0.4, 0.5) is 9.59 Å². The SMILES string of the molecule is CC(COC(C)CNC(=O)CCCC[C@@H]1SC[C@@H]2NC(=O)N[C@@H]21)Cn1cc(-c2ccc(C(=O)N3CCC4(CC3)NC(=O)N(Cc3ccccc3)C4=O)cc2)nn1. The zero-order chi connectivity index (χ0) is 39.2. The lowest BCUT2D eigenvalue weighted by Gasteiger charge is -2.37. The molecule has 7 amide bonds. The van der Waals surface area contributed by atoms with Crippen molar-refractivity contribution in [3.8, 4) is 11.3 Å². The number of fused-ring (bicyclic) bond motifs is 1. The molecule has 5 atom stereocenters. The van der Waals surface area contributed by atoms with Gasteiger partial charge >= 0.3 is 12.1 Å². The fourth-order valence-corrected chi connectivity index (χ4v) is 9.43. The van der Waals surface area contributed by atoms with Crippen LogP contribution in [-0.4, -0.2) is 116 Å². The Morgan fingerprint density at radius 3 is 2.55 bits per heavy atom. The number of hydrogen-bond acceptors (Lipinski definition) is 9. The van der Waals surface area contributed by atoms with E-state index in [0.29, 0.717) is 68.6 Å². The fraction of sp³-hybridized carbons (Fsp3) is 0.525. The van der Waals surface area contributed by atoms with E-state index in [1.54, 1.807) is 21.7 Å². The summed E-state index contributed by atoms with van der Waals surface area (Å²) in [5.41, 5.74) is 1.97. The van der Waals surface area contributed by atoms with Crippen molar-refractivity contribution in [2.45, 2.75) is 94.4 Å². The minimum Gasteiger partial charge on any atom is -0.376 e. The molecular weight excluding hydrogens is 735 g/mol. The quantitative estimate of drug-likeness (QED) is 0.0960. The Hall–Kier alpha value is -4.96. The van der Waals surface area contributed by atoms with E-state index in [0.717, 1.165) is 36.1 Å². The minimum absolute atomic E-state index is 0.0260. The number of rotatable bonds is 16. The molecule has 4 N–H and O–H groups in total. The van der Waals surface area contributed by atoms with Gasteiger partial charge < -0.3 is 30.9 Å². The van der Waals surface area contributed by atoms with Crippen molar-refractivity contribution in [3.05, 3.63) is 71.9 Å². The van der Waals surface area contributed by atoms with Gasteiger partial charge in [-0.3, -0.25) is 24.0 Å². The summed E-state index contributed by atoms with van der Waals surface area (Å²) in [4.78, 5) is 66.5. The van der Waals surface area contributed by atoms with Crippen LogP contribution in [0.5, 0.6) is 0 Å². The Labute approximate surface area is 331 Å². The van der Waals surface area contributed by atoms with Crippen molar-refractivity contribution in [2.24, 2.45) is 5.92 Å². The van der Waals surface area contributed by atoms with Gasteiger partial charge in [0.2, 0.25) is 5.91 Å². The van der Waals surface area contributed by atoms with Crippen LogP contribution in [0.15, 0.2) is 60.8 Å². The fourth-order valence-electron chi connectivity index (χ4n) is 7.88. The molecule has 15 nitrogen and oxygen atoms in total. The molecule has 4 fully saturated rings. The van der Waals surface area contributed by atoms with Crippen LogP contribution in [0, 0.1) is 5.92 Å². The van der Waals surface area contributed by atoms with Crippen LogP contribution in [0.2, 0.25) is 0 Å². The number of likely N-dealkylation sites (tertiary alicyclic amines) is 1. The molecule has 3 aromatic rings. The molecule has 16 heteroatoms. The largest absolute Gasteiger partial charge is 0.376 e. The molecule has 0 aliphatic carbocycles. The average Bonchev–Trinajstić information content (AvgIpc) is 3.97. The third kappa shape index (κ3) is 9.18. The number of amides is 7. The van der Waals surface area contributed by atoms with Crippen LogP contribution in [-0.2, 0) is 27.4 Å². The zero-order valence-corrected chi connectivity index (χ0v) is 32.8. The molecule has 1 aromatic heterocycles. The van der Waals surface area contributed by atoms with E-state index in [9.17, 15) is 24.0 Å². The molecule has 2 unspecified atom stereocenters. The number of carbonyl (C=O) groups is 5. The second-order valence-electron chi connectivity index (χ2n) is 15.5. The molecule has 4 aliphatic rings. The van der Waals surface area contributed by atoms with E-state index in [1.807, 2.05) is 67.3 Å². The van der Waals surface area contributed by atoms with Crippen LogP contribution < -0.4 is 21.3 Å². The van der Waals surface area contributed by atoms with Gasteiger partial charge in [0, 0.05) is 54.7 Å². The number of nitrogens with one attached hydrogen (secondary N) is 4. The number of ether oxygens (including phenoxy) is 1. The second kappa shape index (κ2) is 17.5. The third-order valence-electron chi connectivity index (χ3n) is 11.1. The van der Waals surface area contributed by atoms with Crippen molar-refractivity contribution in [1.82, 2.24) is 46.1 Å². The first-order valence-electron chi connectivity index (χ1n) is 19.6. The Kier molecular flexibility index (Phi) is 12.2. The standard InChI is InChI=1S/C40H51N9O6S/c1-26(24-55-27(2)20-41-34(50)11-7-6-10-33-35-32(25-56-33)42-38(53)43-35)21-48-23-31(45-46-48)29-12-14-30(15-13-29)36(51)47-18-16-40(17-19-47)37(52)49(39(54)44-40)22-28-8-4-3-5-9-28/h3-5,8-9,12-15,23,26-27,32-33,35H,6-7,10-11,16-22,24-25H2,1-2H3,(H,41,50)(H,44,54)(H2,42,43,53)/t26?,27?,32-,33-,35-/m0/s1. The average molecular weight is 786 g/mol. The Balaban J connectivity index is 0.790. The Morgan fingerprint density at radius 1 is 1.02 bits per heavy atom. The number of hydrogen-bond donors (Lipinski definition) is 4. The van der Waals surface area contributed by atoms with Crippen LogP contribution >= 0.6 is 11.8 Å². The van der Waals surface area contributed by atoms with Gasteiger partial charge in [0.15, 0.2) is 0 Å². The third-order valence-corrected chi connectivity index (χ3v) is 12.6. The molecule has 4 aliphatic heterocycles. The lowest BCUT2D eigenvalue weighted by Crippen LogP contribution is -2.55. The number of benzene rings is 2. The van der Waals surface area contributed by atoms with E-state index < -0.39 is 11.6 Å². The highest BCUT2D eigenvalue weighted by molar-refractivity contribution is 8.00. The highest BCUT2D eigenvalue weighted by atomic mass is 32.2. The Morgan fingerprint density at radius 2 is 1.79 bits per heavy atom. The molecule has 2 aromatic carbocycles. The van der Waals surface area contributed by atoms with Crippen molar-refractivity contribution in [3.63, 3.8) is 0 Å². The Bertz CT molecular complexity index is 1880. The number of piperidine rings is 1. The lowest BCUT2D eigenvalue weighted by molar-refractivity contribution is -0.133. The molecule has 1 spiro atoms. The summed E-state index contributed by atoms with van der Waals surface area (Å²) in [5.74, 6) is 0.767. The first-order chi connectivity index (χ1) is 27.1. The van der Waals surface area contributed by atoms with E-state index in [2.05, 4.69) is 38.5 Å². The summed E-state index contributed by atoms with van der Waals surface area (Å²) in [6, 6.07) is 16.7. The second-order valence-corrected chi connectivity index (χ2v) is 16.8. The predicted molar refractivity (Wildman–Crippen MR) is 210 cm³/mol. The summed E-state index contributed by atoms with van der Waals surface area (Å²) in [6.45, 7) is 6.51. The van der Waals surface area contributed by atoms with Gasteiger partial charge in [-0.2, -0.15) is 11.8 Å². The van der Waals surface area contributed by atoms with Gasteiger partial charge in [0.05, 0.1) is 37.5 Å². The van der Waals surface area contributed by atoms with E-state index >= 15 is 0 Å². The number of aromatic nitrogens is 3. The molecule has 0 saturated carbocycles. The van der Waals surface area contributed by atoms with Gasteiger partial charge in [0.1, 0.15) is 11.2 Å². The van der Waals surface area contributed by atoms with E-state index in [-0.39, 0.29) is 54.4 Å². The summed E-state index contributed by atoms with van der Waals surface area (Å²) >= 11 is 1.89.